The second kappa shape index (κ2) is 4.93. The van der Waals surface area contributed by atoms with E-state index in [1.54, 1.807) is 32.0 Å². The van der Waals surface area contributed by atoms with Gasteiger partial charge in [-0.1, -0.05) is 29.3 Å². The predicted octanol–water partition coefficient (Wildman–Crippen LogP) is 3.36. The summed E-state index contributed by atoms with van der Waals surface area (Å²) >= 11 is 11.9. The monoisotopic (exact) mass is 261 g/mol. The summed E-state index contributed by atoms with van der Waals surface area (Å²) in [6.45, 7) is 3.41. The lowest BCUT2D eigenvalue weighted by Gasteiger charge is -2.25. The third-order valence-electron chi connectivity index (χ3n) is 2.09. The van der Waals surface area contributed by atoms with E-state index in [-0.39, 0.29) is 5.97 Å². The lowest BCUT2D eigenvalue weighted by atomic mass is 10.1. The summed E-state index contributed by atoms with van der Waals surface area (Å²) in [4.78, 5) is 11.5. The van der Waals surface area contributed by atoms with Crippen LogP contribution in [0.15, 0.2) is 18.2 Å². The summed E-state index contributed by atoms with van der Waals surface area (Å²) in [5.74, 6) is -0.372. The molecule has 0 saturated carbocycles. The zero-order valence-electron chi connectivity index (χ0n) is 9.30. The Morgan fingerprint density at radius 1 is 1.38 bits per heavy atom. The van der Waals surface area contributed by atoms with Crippen LogP contribution in [0.3, 0.4) is 0 Å². The number of esters is 1. The fourth-order valence-electron chi connectivity index (χ4n) is 1.24. The van der Waals surface area contributed by atoms with Crippen molar-refractivity contribution in [1.29, 1.82) is 0 Å². The van der Waals surface area contributed by atoms with Crippen molar-refractivity contribution in [1.82, 2.24) is 0 Å². The number of carbonyl (C=O) groups excluding carboxylic acids is 1. The molecule has 16 heavy (non-hydrogen) atoms. The Bertz CT molecular complexity index is 405. The van der Waals surface area contributed by atoms with Gasteiger partial charge in [0.1, 0.15) is 5.54 Å². The molecule has 3 nitrogen and oxygen atoms in total. The van der Waals surface area contributed by atoms with Crippen LogP contribution in [-0.4, -0.2) is 18.6 Å². The number of anilines is 1. The molecule has 1 N–H and O–H groups in total. The number of benzene rings is 1. The largest absolute Gasteiger partial charge is 0.467 e. The Morgan fingerprint density at radius 3 is 2.56 bits per heavy atom. The third-order valence-corrected chi connectivity index (χ3v) is 2.91. The van der Waals surface area contributed by atoms with Crippen molar-refractivity contribution in [3.05, 3.63) is 28.2 Å². The van der Waals surface area contributed by atoms with Crippen LogP contribution >= 0.6 is 23.2 Å². The average Bonchev–Trinajstić information content (AvgIpc) is 2.23. The van der Waals surface area contributed by atoms with Crippen LogP contribution in [0.2, 0.25) is 10.0 Å². The second-order valence-electron chi connectivity index (χ2n) is 3.84. The van der Waals surface area contributed by atoms with Gasteiger partial charge in [-0.2, -0.15) is 0 Å². The molecule has 0 radical (unpaired) electrons. The van der Waals surface area contributed by atoms with Crippen molar-refractivity contribution < 1.29 is 9.53 Å². The molecule has 0 unspecified atom stereocenters. The van der Waals surface area contributed by atoms with Gasteiger partial charge in [-0.3, -0.25) is 0 Å². The fraction of sp³-hybridized carbons (Fsp3) is 0.364. The molecule has 0 fully saturated rings. The molecule has 1 rings (SSSR count). The quantitative estimate of drug-likeness (QED) is 0.849. The highest BCUT2D eigenvalue weighted by atomic mass is 35.5. The Kier molecular flexibility index (Phi) is 4.05. The number of ether oxygens (including phenoxy) is 1. The van der Waals surface area contributed by atoms with E-state index in [1.165, 1.54) is 7.11 Å². The highest BCUT2D eigenvalue weighted by molar-refractivity contribution is 6.43. The molecule has 0 amide bonds. The van der Waals surface area contributed by atoms with E-state index in [2.05, 4.69) is 10.1 Å². The van der Waals surface area contributed by atoms with Gasteiger partial charge < -0.3 is 10.1 Å². The number of nitrogens with one attached hydrogen (secondary N) is 1. The molecule has 0 aliphatic rings. The standard InChI is InChI=1S/C11H13Cl2NO2/c1-11(2,10(15)16-3)14-8-6-4-5-7(12)9(8)13/h4-6,14H,1-3H3. The van der Waals surface area contributed by atoms with Crippen LogP contribution in [0.4, 0.5) is 5.69 Å². The van der Waals surface area contributed by atoms with E-state index in [0.29, 0.717) is 15.7 Å². The smallest absolute Gasteiger partial charge is 0.330 e. The zero-order chi connectivity index (χ0) is 12.3. The van der Waals surface area contributed by atoms with E-state index in [1.807, 2.05) is 0 Å². The minimum Gasteiger partial charge on any atom is -0.467 e. The molecular formula is C11H13Cl2NO2. The molecule has 0 heterocycles. The van der Waals surface area contributed by atoms with Gasteiger partial charge in [0.25, 0.3) is 0 Å². The lowest BCUT2D eigenvalue weighted by Crippen LogP contribution is -2.41. The van der Waals surface area contributed by atoms with Crippen molar-refractivity contribution in [2.75, 3.05) is 12.4 Å². The normalized spacial score (nSPS) is 11.1. The number of hydrogen-bond donors (Lipinski definition) is 1. The van der Waals surface area contributed by atoms with Gasteiger partial charge in [-0.15, -0.1) is 0 Å². The van der Waals surface area contributed by atoms with Crippen LogP contribution in [0.1, 0.15) is 13.8 Å². The molecule has 0 atom stereocenters. The number of hydrogen-bond acceptors (Lipinski definition) is 3. The first-order chi connectivity index (χ1) is 7.38. The van der Waals surface area contributed by atoms with Gasteiger partial charge in [-0.05, 0) is 26.0 Å². The Hall–Kier alpha value is -0.930. The van der Waals surface area contributed by atoms with Gasteiger partial charge >= 0.3 is 5.97 Å². The van der Waals surface area contributed by atoms with Gasteiger partial charge in [0, 0.05) is 0 Å². The minimum absolute atomic E-state index is 0.372. The molecule has 0 aromatic heterocycles. The summed E-state index contributed by atoms with van der Waals surface area (Å²) in [5, 5.41) is 3.81. The molecule has 0 spiro atoms. The van der Waals surface area contributed by atoms with Crippen molar-refractivity contribution in [3.8, 4) is 0 Å². The lowest BCUT2D eigenvalue weighted by molar-refractivity contribution is -0.144. The van der Waals surface area contributed by atoms with Gasteiger partial charge in [0.2, 0.25) is 0 Å². The Morgan fingerprint density at radius 2 is 2.00 bits per heavy atom. The average molecular weight is 262 g/mol. The maximum Gasteiger partial charge on any atom is 0.330 e. The van der Waals surface area contributed by atoms with Crippen molar-refractivity contribution >= 4 is 34.9 Å². The fourth-order valence-corrected chi connectivity index (χ4v) is 1.59. The van der Waals surface area contributed by atoms with E-state index in [9.17, 15) is 4.79 Å². The van der Waals surface area contributed by atoms with Crippen molar-refractivity contribution in [2.24, 2.45) is 0 Å². The summed E-state index contributed by atoms with van der Waals surface area (Å²) < 4.78 is 4.68. The number of carbonyl (C=O) groups is 1. The Balaban J connectivity index is 2.96. The van der Waals surface area contributed by atoms with Crippen molar-refractivity contribution in [2.45, 2.75) is 19.4 Å². The summed E-state index contributed by atoms with van der Waals surface area (Å²) in [6, 6.07) is 5.18. The molecule has 0 bridgehead atoms. The van der Waals surface area contributed by atoms with Crippen molar-refractivity contribution in [3.63, 3.8) is 0 Å². The third kappa shape index (κ3) is 2.80. The molecular weight excluding hydrogens is 249 g/mol. The number of rotatable bonds is 3. The maximum atomic E-state index is 11.5. The first-order valence-electron chi connectivity index (χ1n) is 4.69. The number of halogens is 2. The van der Waals surface area contributed by atoms with Crippen LogP contribution in [0.25, 0.3) is 0 Å². The highest BCUT2D eigenvalue weighted by Crippen LogP contribution is 2.31. The van der Waals surface area contributed by atoms with Crippen LogP contribution < -0.4 is 5.32 Å². The van der Waals surface area contributed by atoms with E-state index in [4.69, 9.17) is 23.2 Å². The second-order valence-corrected chi connectivity index (χ2v) is 4.63. The summed E-state index contributed by atoms with van der Waals surface area (Å²) in [5.41, 5.74) is -0.257. The molecule has 88 valence electrons. The topological polar surface area (TPSA) is 38.3 Å². The van der Waals surface area contributed by atoms with Crippen LogP contribution in [0, 0.1) is 0 Å². The van der Waals surface area contributed by atoms with Gasteiger partial charge in [0.05, 0.1) is 22.8 Å². The summed E-state index contributed by atoms with van der Waals surface area (Å²) in [6.07, 6.45) is 0. The summed E-state index contributed by atoms with van der Waals surface area (Å²) in [7, 11) is 1.34. The zero-order valence-corrected chi connectivity index (χ0v) is 10.8. The molecule has 0 aliphatic heterocycles. The molecule has 0 saturated heterocycles. The van der Waals surface area contributed by atoms with Crippen LogP contribution in [0.5, 0.6) is 0 Å². The SMILES string of the molecule is COC(=O)C(C)(C)Nc1cccc(Cl)c1Cl. The van der Waals surface area contributed by atoms with E-state index in [0.717, 1.165) is 0 Å². The maximum absolute atomic E-state index is 11.5. The van der Waals surface area contributed by atoms with E-state index >= 15 is 0 Å². The van der Waals surface area contributed by atoms with Gasteiger partial charge in [0.15, 0.2) is 0 Å². The predicted molar refractivity (Wildman–Crippen MR) is 66.2 cm³/mol. The minimum atomic E-state index is -0.858. The molecule has 5 heteroatoms. The van der Waals surface area contributed by atoms with Gasteiger partial charge in [-0.25, -0.2) is 4.79 Å². The molecule has 1 aromatic carbocycles. The highest BCUT2D eigenvalue weighted by Gasteiger charge is 2.29. The molecule has 0 aliphatic carbocycles. The van der Waals surface area contributed by atoms with Crippen LogP contribution in [-0.2, 0) is 9.53 Å². The first-order valence-corrected chi connectivity index (χ1v) is 5.44. The first kappa shape index (κ1) is 13.1. The Labute approximate surface area is 105 Å². The molecule has 1 aromatic rings. The number of methoxy groups -OCH3 is 1. The van der Waals surface area contributed by atoms with E-state index < -0.39 is 5.54 Å².